The van der Waals surface area contributed by atoms with Gasteiger partial charge in [0.15, 0.2) is 8.32 Å². The van der Waals surface area contributed by atoms with Crippen LogP contribution in [0.5, 0.6) is 0 Å². The summed E-state index contributed by atoms with van der Waals surface area (Å²) in [5.41, 5.74) is 3.32. The molecule has 0 radical (unpaired) electrons. The highest BCUT2D eigenvalue weighted by molar-refractivity contribution is 6.74. The van der Waals surface area contributed by atoms with Gasteiger partial charge in [-0.1, -0.05) is 20.8 Å². The second kappa shape index (κ2) is 7.64. The first kappa shape index (κ1) is 20.8. The Bertz CT molecular complexity index is 850. The third-order valence-electron chi connectivity index (χ3n) is 7.43. The first-order valence-corrected chi connectivity index (χ1v) is 13.9. The first-order valence-electron chi connectivity index (χ1n) is 11.0. The summed E-state index contributed by atoms with van der Waals surface area (Å²) in [7, 11) is -1.72. The van der Waals surface area contributed by atoms with Crippen LogP contribution < -0.4 is 0 Å². The van der Waals surface area contributed by atoms with Crippen LogP contribution in [0.25, 0.3) is 11.3 Å². The van der Waals surface area contributed by atoms with E-state index in [4.69, 9.17) is 4.43 Å². The van der Waals surface area contributed by atoms with E-state index >= 15 is 0 Å². The molecule has 1 aliphatic heterocycles. The minimum absolute atomic E-state index is 0.0832. The number of imidazole rings is 1. The largest absolute Gasteiger partial charge is 0.414 e. The van der Waals surface area contributed by atoms with Crippen LogP contribution in [0.2, 0.25) is 18.1 Å². The highest BCUT2D eigenvalue weighted by atomic mass is 28.4. The molecule has 2 aliphatic rings. The highest BCUT2D eigenvalue weighted by Gasteiger charge is 2.40. The first-order chi connectivity index (χ1) is 13.7. The van der Waals surface area contributed by atoms with Crippen LogP contribution in [0.3, 0.4) is 0 Å². The maximum Gasteiger partial charge on any atom is 0.192 e. The lowest BCUT2D eigenvalue weighted by molar-refractivity contribution is 0.0362. The predicted molar refractivity (Wildman–Crippen MR) is 118 cm³/mol. The zero-order valence-corrected chi connectivity index (χ0v) is 19.4. The number of hydrogen-bond donors (Lipinski definition) is 1. The van der Waals surface area contributed by atoms with Crippen LogP contribution in [0.4, 0.5) is 0 Å². The molecule has 2 aromatic rings. The van der Waals surface area contributed by atoms with Gasteiger partial charge in [-0.25, -0.2) is 4.98 Å². The van der Waals surface area contributed by atoms with Gasteiger partial charge in [0.25, 0.3) is 0 Å². The number of pyridine rings is 1. The fourth-order valence-electron chi connectivity index (χ4n) is 4.62. The van der Waals surface area contributed by atoms with Gasteiger partial charge < -0.3 is 14.1 Å². The van der Waals surface area contributed by atoms with Crippen LogP contribution in [0, 0.1) is 5.92 Å². The van der Waals surface area contributed by atoms with Crippen molar-refractivity contribution in [1.82, 2.24) is 14.5 Å². The van der Waals surface area contributed by atoms with Gasteiger partial charge in [0.1, 0.15) is 0 Å². The summed E-state index contributed by atoms with van der Waals surface area (Å²) >= 11 is 0. The smallest absolute Gasteiger partial charge is 0.192 e. The molecule has 2 atom stereocenters. The SMILES string of the molecule is CC(C)(C)[Si](C)(C)OC1CCC(C(O)CC2c3ncccc3-c3cncn32)CC1. The van der Waals surface area contributed by atoms with Crippen molar-refractivity contribution in [2.45, 2.75) is 89.3 Å². The van der Waals surface area contributed by atoms with Crippen molar-refractivity contribution >= 4 is 8.32 Å². The fraction of sp³-hybridized carbons (Fsp3) is 0.652. The Kier molecular flexibility index (Phi) is 5.47. The standard InChI is InChI=1S/C23H35N3O2Si/c1-23(2,3)29(4,5)28-17-10-8-16(9-11-17)21(27)13-19-22-18(7-6-12-25-22)20-14-24-15-26(19)20/h6-7,12,14-17,19,21,27H,8-11,13H2,1-5H3. The Hall–Kier alpha value is -1.50. The number of rotatable bonds is 5. The van der Waals surface area contributed by atoms with E-state index in [1.54, 1.807) is 0 Å². The third kappa shape index (κ3) is 3.94. The minimum atomic E-state index is -1.72. The summed E-state index contributed by atoms with van der Waals surface area (Å²) in [5, 5.41) is 11.3. The van der Waals surface area contributed by atoms with E-state index in [-0.39, 0.29) is 17.2 Å². The fourth-order valence-corrected chi connectivity index (χ4v) is 6.05. The summed E-state index contributed by atoms with van der Waals surface area (Å²) in [6.07, 6.45) is 10.6. The van der Waals surface area contributed by atoms with Crippen molar-refractivity contribution in [2.75, 3.05) is 0 Å². The molecule has 1 fully saturated rings. The summed E-state index contributed by atoms with van der Waals surface area (Å²) in [6.45, 7) is 11.6. The van der Waals surface area contributed by atoms with E-state index < -0.39 is 8.32 Å². The molecule has 2 unspecified atom stereocenters. The Balaban J connectivity index is 1.37. The molecular formula is C23H35N3O2Si. The van der Waals surface area contributed by atoms with E-state index in [9.17, 15) is 5.11 Å². The molecule has 0 bridgehead atoms. The normalized spacial score (nSPS) is 25.5. The van der Waals surface area contributed by atoms with Crippen molar-refractivity contribution in [1.29, 1.82) is 0 Å². The second-order valence-electron chi connectivity index (χ2n) is 10.4. The predicted octanol–water partition coefficient (Wildman–Crippen LogP) is 5.18. The summed E-state index contributed by atoms with van der Waals surface area (Å²) < 4.78 is 8.80. The van der Waals surface area contributed by atoms with Crippen LogP contribution in [0.15, 0.2) is 30.9 Å². The van der Waals surface area contributed by atoms with Gasteiger partial charge >= 0.3 is 0 Å². The molecular weight excluding hydrogens is 378 g/mol. The summed E-state index contributed by atoms with van der Waals surface area (Å²) in [4.78, 5) is 8.94. The molecule has 0 saturated heterocycles. The molecule has 0 spiro atoms. The zero-order chi connectivity index (χ0) is 20.8. The topological polar surface area (TPSA) is 60.2 Å². The van der Waals surface area contributed by atoms with Gasteiger partial charge in [-0.15, -0.1) is 0 Å². The van der Waals surface area contributed by atoms with Crippen LogP contribution >= 0.6 is 0 Å². The van der Waals surface area contributed by atoms with Gasteiger partial charge in [-0.2, -0.15) is 0 Å². The lowest BCUT2D eigenvalue weighted by atomic mass is 9.81. The van der Waals surface area contributed by atoms with E-state index in [1.807, 2.05) is 24.8 Å². The Morgan fingerprint density at radius 1 is 1.24 bits per heavy atom. The van der Waals surface area contributed by atoms with Crippen molar-refractivity contribution in [3.63, 3.8) is 0 Å². The number of nitrogens with zero attached hydrogens (tertiary/aromatic N) is 3. The Labute approximate surface area is 175 Å². The van der Waals surface area contributed by atoms with Crippen LogP contribution in [-0.4, -0.2) is 40.2 Å². The maximum atomic E-state index is 11.1. The summed E-state index contributed by atoms with van der Waals surface area (Å²) in [5.74, 6) is 0.342. The average molecular weight is 414 g/mol. The number of aromatic nitrogens is 3. The van der Waals surface area contributed by atoms with Crippen molar-refractivity contribution < 1.29 is 9.53 Å². The molecule has 5 nitrogen and oxygen atoms in total. The van der Waals surface area contributed by atoms with Gasteiger partial charge in [0.05, 0.1) is 36.1 Å². The van der Waals surface area contributed by atoms with E-state index in [1.165, 1.54) is 0 Å². The van der Waals surface area contributed by atoms with Gasteiger partial charge in [0.2, 0.25) is 0 Å². The Morgan fingerprint density at radius 3 is 2.66 bits per heavy atom. The molecule has 0 amide bonds. The van der Waals surface area contributed by atoms with E-state index in [2.05, 4.69) is 54.5 Å². The molecule has 158 valence electrons. The number of aliphatic hydroxyl groups excluding tert-OH is 1. The van der Waals surface area contributed by atoms with Crippen LogP contribution in [-0.2, 0) is 4.43 Å². The molecule has 1 aliphatic carbocycles. The molecule has 1 saturated carbocycles. The third-order valence-corrected chi connectivity index (χ3v) is 12.0. The summed E-state index contributed by atoms with van der Waals surface area (Å²) in [6, 6.07) is 4.16. The molecule has 3 heterocycles. The highest BCUT2D eigenvalue weighted by Crippen LogP contribution is 2.43. The van der Waals surface area contributed by atoms with Gasteiger partial charge in [-0.3, -0.25) is 4.98 Å². The maximum absolute atomic E-state index is 11.1. The molecule has 0 aromatic carbocycles. The zero-order valence-electron chi connectivity index (χ0n) is 18.4. The lowest BCUT2D eigenvalue weighted by Crippen LogP contribution is -2.45. The number of fused-ring (bicyclic) bond motifs is 3. The van der Waals surface area contributed by atoms with Gasteiger partial charge in [0, 0.05) is 24.3 Å². The average Bonchev–Trinajstić information content (AvgIpc) is 3.24. The van der Waals surface area contributed by atoms with Crippen molar-refractivity contribution in [3.05, 3.63) is 36.5 Å². The molecule has 4 rings (SSSR count). The monoisotopic (exact) mass is 413 g/mol. The second-order valence-corrected chi connectivity index (χ2v) is 15.1. The molecule has 6 heteroatoms. The van der Waals surface area contributed by atoms with Crippen molar-refractivity contribution in [2.24, 2.45) is 5.92 Å². The van der Waals surface area contributed by atoms with E-state index in [0.717, 1.165) is 42.6 Å². The number of hydrogen-bond acceptors (Lipinski definition) is 4. The van der Waals surface area contributed by atoms with E-state index in [0.29, 0.717) is 18.4 Å². The quantitative estimate of drug-likeness (QED) is 0.686. The molecule has 1 N–H and O–H groups in total. The Morgan fingerprint density at radius 2 is 1.97 bits per heavy atom. The van der Waals surface area contributed by atoms with Gasteiger partial charge in [-0.05, 0) is 61.9 Å². The molecule has 29 heavy (non-hydrogen) atoms. The van der Waals surface area contributed by atoms with Crippen LogP contribution in [0.1, 0.15) is 64.6 Å². The minimum Gasteiger partial charge on any atom is -0.414 e. The number of aliphatic hydroxyl groups is 1. The van der Waals surface area contributed by atoms with Crippen molar-refractivity contribution in [3.8, 4) is 11.3 Å². The lowest BCUT2D eigenvalue weighted by Gasteiger charge is -2.41. The molecule has 2 aromatic heterocycles.